The molecule has 2 N–H and O–H groups in total. The van der Waals surface area contributed by atoms with Gasteiger partial charge < -0.3 is 10.2 Å². The summed E-state index contributed by atoms with van der Waals surface area (Å²) in [4.78, 5) is 40.5. The Labute approximate surface area is 329 Å². The summed E-state index contributed by atoms with van der Waals surface area (Å²) in [6.45, 7) is 13.7. The molecule has 0 spiro atoms. The lowest BCUT2D eigenvalue weighted by atomic mass is 9.90. The van der Waals surface area contributed by atoms with Crippen molar-refractivity contribution in [3.05, 3.63) is 149 Å². The molecule has 286 valence electrons. The average Bonchev–Trinajstić information content (AvgIpc) is 3.60. The Hall–Kier alpha value is -6.29. The molecule has 4 aromatic carbocycles. The van der Waals surface area contributed by atoms with Gasteiger partial charge in [-0.05, 0) is 112 Å². The molecule has 0 unspecified atom stereocenters. The molecule has 1 aliphatic heterocycles. The fourth-order valence-electron chi connectivity index (χ4n) is 7.12. The zero-order valence-electron chi connectivity index (χ0n) is 33.1. The van der Waals surface area contributed by atoms with Crippen molar-refractivity contribution < 1.29 is 9.59 Å². The zero-order valence-corrected chi connectivity index (χ0v) is 33.1. The van der Waals surface area contributed by atoms with E-state index in [-0.39, 0.29) is 17.4 Å². The molecule has 0 bridgehead atoms. The van der Waals surface area contributed by atoms with E-state index in [4.69, 9.17) is 15.1 Å². The highest BCUT2D eigenvalue weighted by atomic mass is 16.2. The summed E-state index contributed by atoms with van der Waals surface area (Å²) in [5.41, 5.74) is 8.82. The van der Waals surface area contributed by atoms with Gasteiger partial charge in [-0.3, -0.25) is 15.0 Å². The monoisotopic (exact) mass is 746 g/mol. The molecule has 0 atom stereocenters. The molecular formula is C46H50N8O2. The fraction of sp³-hybridized carbons (Fsp3) is 0.283. The first-order valence-corrected chi connectivity index (χ1v) is 19.3. The molecule has 10 nitrogen and oxygen atoms in total. The number of piperidine rings is 1. The van der Waals surface area contributed by atoms with Crippen LogP contribution in [0.5, 0.6) is 0 Å². The number of nitrogens with one attached hydrogen (secondary N) is 2. The number of urea groups is 1. The second-order valence-electron chi connectivity index (χ2n) is 15.8. The van der Waals surface area contributed by atoms with Crippen molar-refractivity contribution in [1.29, 1.82) is 0 Å². The summed E-state index contributed by atoms with van der Waals surface area (Å²) in [5, 5.41) is 10.8. The number of carbonyl (C=O) groups is 2. The highest BCUT2D eigenvalue weighted by Gasteiger charge is 2.26. The van der Waals surface area contributed by atoms with Crippen LogP contribution < -0.4 is 15.5 Å². The van der Waals surface area contributed by atoms with Crippen molar-refractivity contribution in [3.63, 3.8) is 0 Å². The van der Waals surface area contributed by atoms with Crippen LogP contribution in [0.2, 0.25) is 0 Å². The Bertz CT molecular complexity index is 2280. The van der Waals surface area contributed by atoms with Gasteiger partial charge in [0.05, 0.1) is 11.4 Å². The minimum absolute atomic E-state index is 0.0323. The number of aryl methyl sites for hydroxylation is 3. The molecule has 1 aliphatic rings. The Morgan fingerprint density at radius 3 is 2.07 bits per heavy atom. The third-order valence-electron chi connectivity index (χ3n) is 10.2. The lowest BCUT2D eigenvalue weighted by Crippen LogP contribution is -2.39. The van der Waals surface area contributed by atoms with Gasteiger partial charge in [0.1, 0.15) is 5.82 Å². The van der Waals surface area contributed by atoms with Gasteiger partial charge in [0.2, 0.25) is 5.95 Å². The molecule has 1 saturated heterocycles. The number of hydrogen-bond acceptors (Lipinski definition) is 6. The van der Waals surface area contributed by atoms with Crippen molar-refractivity contribution in [2.75, 3.05) is 28.6 Å². The van der Waals surface area contributed by atoms with Crippen molar-refractivity contribution in [2.45, 2.75) is 66.2 Å². The third-order valence-corrected chi connectivity index (χ3v) is 10.2. The smallest absolute Gasteiger partial charge is 0.324 e. The molecule has 0 radical (unpaired) electrons. The van der Waals surface area contributed by atoms with Gasteiger partial charge >= 0.3 is 6.03 Å². The quantitative estimate of drug-likeness (QED) is 0.153. The minimum atomic E-state index is -0.333. The molecule has 6 aromatic rings. The summed E-state index contributed by atoms with van der Waals surface area (Å²) in [6, 6.07) is 37.4. The number of anilines is 5. The largest absolute Gasteiger partial charge is 0.339 e. The van der Waals surface area contributed by atoms with Crippen LogP contribution in [0.25, 0.3) is 5.69 Å². The molecule has 3 heterocycles. The van der Waals surface area contributed by atoms with Gasteiger partial charge in [-0.25, -0.2) is 19.4 Å². The number of amides is 3. The number of benzene rings is 4. The molecule has 7 rings (SSSR count). The van der Waals surface area contributed by atoms with E-state index in [1.54, 1.807) is 4.68 Å². The zero-order chi connectivity index (χ0) is 39.4. The maximum absolute atomic E-state index is 13.8. The first-order chi connectivity index (χ1) is 26.9. The van der Waals surface area contributed by atoms with Crippen LogP contribution in [0.15, 0.2) is 115 Å². The average molecular weight is 747 g/mol. The molecule has 56 heavy (non-hydrogen) atoms. The highest BCUT2D eigenvalue weighted by Crippen LogP contribution is 2.34. The Balaban J connectivity index is 0.953. The van der Waals surface area contributed by atoms with E-state index >= 15 is 0 Å². The standard InChI is InChI=1S/C46H50N8O2/c1-31-15-21-39(22-16-31)54-42(30-41(51-54)46(4,5)6)50-45(56)49-37-19-17-34(18-20-37)28-35-23-25-52(26-24-35)43(55)36-11-10-14-40(29-36)53(38-12-8-7-9-13-38)44-47-32(2)27-33(3)48-44/h7-22,27,29-30,35H,23-26,28H2,1-6H3,(H2,49,50,56). The van der Waals surface area contributed by atoms with E-state index in [9.17, 15) is 9.59 Å². The van der Waals surface area contributed by atoms with Crippen LogP contribution >= 0.6 is 0 Å². The van der Waals surface area contributed by atoms with Crippen LogP contribution in [0.3, 0.4) is 0 Å². The maximum Gasteiger partial charge on any atom is 0.324 e. The van der Waals surface area contributed by atoms with Gasteiger partial charge in [0.25, 0.3) is 5.91 Å². The molecule has 3 amide bonds. The minimum Gasteiger partial charge on any atom is -0.339 e. The number of aromatic nitrogens is 4. The van der Waals surface area contributed by atoms with Gasteiger partial charge in [-0.15, -0.1) is 0 Å². The number of nitrogens with zero attached hydrogens (tertiary/aromatic N) is 6. The molecule has 0 aliphatic carbocycles. The topological polar surface area (TPSA) is 108 Å². The molecule has 10 heteroatoms. The van der Waals surface area contributed by atoms with Crippen LogP contribution in [-0.4, -0.2) is 49.7 Å². The first-order valence-electron chi connectivity index (χ1n) is 19.3. The predicted molar refractivity (Wildman–Crippen MR) is 225 cm³/mol. The summed E-state index contributed by atoms with van der Waals surface area (Å²) in [5.74, 6) is 1.67. The lowest BCUT2D eigenvalue weighted by Gasteiger charge is -2.32. The van der Waals surface area contributed by atoms with Crippen LogP contribution in [0, 0.1) is 26.7 Å². The van der Waals surface area contributed by atoms with E-state index in [2.05, 4.69) is 43.5 Å². The van der Waals surface area contributed by atoms with Crippen molar-refractivity contribution >= 4 is 40.8 Å². The summed E-state index contributed by atoms with van der Waals surface area (Å²) < 4.78 is 1.78. The van der Waals surface area contributed by atoms with E-state index < -0.39 is 0 Å². The van der Waals surface area contributed by atoms with Gasteiger partial charge in [-0.2, -0.15) is 5.10 Å². The van der Waals surface area contributed by atoms with Crippen molar-refractivity contribution in [2.24, 2.45) is 5.92 Å². The fourth-order valence-corrected chi connectivity index (χ4v) is 7.12. The summed E-state index contributed by atoms with van der Waals surface area (Å²) in [7, 11) is 0. The normalized spacial score (nSPS) is 13.4. The second-order valence-corrected chi connectivity index (χ2v) is 15.8. The third kappa shape index (κ3) is 8.97. The van der Waals surface area contributed by atoms with Gasteiger partial charge in [-0.1, -0.05) is 74.9 Å². The van der Waals surface area contributed by atoms with Crippen LogP contribution in [0.1, 0.15) is 72.2 Å². The molecular weight excluding hydrogens is 697 g/mol. The number of rotatable bonds is 9. The summed E-state index contributed by atoms with van der Waals surface area (Å²) in [6.07, 6.45) is 2.76. The van der Waals surface area contributed by atoms with E-state index in [0.717, 1.165) is 59.0 Å². The number of para-hydroxylation sites is 1. The maximum atomic E-state index is 13.8. The number of carbonyl (C=O) groups excluding carboxylic acids is 2. The van der Waals surface area contributed by atoms with Crippen LogP contribution in [-0.2, 0) is 11.8 Å². The second kappa shape index (κ2) is 16.2. The molecule has 0 saturated carbocycles. The summed E-state index contributed by atoms with van der Waals surface area (Å²) >= 11 is 0. The van der Waals surface area contributed by atoms with E-state index in [1.165, 1.54) is 5.56 Å². The van der Waals surface area contributed by atoms with Gasteiger partial charge in [0.15, 0.2) is 0 Å². The Morgan fingerprint density at radius 1 is 0.750 bits per heavy atom. The predicted octanol–water partition coefficient (Wildman–Crippen LogP) is 10.1. The van der Waals surface area contributed by atoms with E-state index in [0.29, 0.717) is 42.0 Å². The molecule has 2 aromatic heterocycles. The number of hydrogen-bond donors (Lipinski definition) is 2. The SMILES string of the molecule is Cc1ccc(-n2nc(C(C)(C)C)cc2NC(=O)Nc2ccc(CC3CCN(C(=O)c4cccc(N(c5ccccc5)c5nc(C)cc(C)n5)c4)CC3)cc2)cc1. The van der Waals surface area contributed by atoms with Crippen molar-refractivity contribution in [3.8, 4) is 5.69 Å². The lowest BCUT2D eigenvalue weighted by molar-refractivity contribution is 0.0690. The van der Waals surface area contributed by atoms with Crippen molar-refractivity contribution in [1.82, 2.24) is 24.6 Å². The number of likely N-dealkylation sites (tertiary alicyclic amines) is 1. The molecule has 1 fully saturated rings. The Morgan fingerprint density at radius 2 is 1.41 bits per heavy atom. The van der Waals surface area contributed by atoms with Gasteiger partial charge in [0, 0.05) is 58.6 Å². The first kappa shape index (κ1) is 38.0. The Kier molecular flexibility index (Phi) is 11.0. The highest BCUT2D eigenvalue weighted by molar-refractivity contribution is 5.99. The van der Waals surface area contributed by atoms with Crippen LogP contribution in [0.4, 0.5) is 33.6 Å². The van der Waals surface area contributed by atoms with E-state index in [1.807, 2.05) is 134 Å².